The van der Waals surface area contributed by atoms with Gasteiger partial charge in [-0.2, -0.15) is 0 Å². The lowest BCUT2D eigenvalue weighted by Gasteiger charge is -2.28. The lowest BCUT2D eigenvalue weighted by Crippen LogP contribution is -2.44. The molecule has 0 aromatic rings. The Bertz CT molecular complexity index is 275. The summed E-state index contributed by atoms with van der Waals surface area (Å²) in [5, 5.41) is 8.89. The van der Waals surface area contributed by atoms with Gasteiger partial charge in [0.25, 0.3) is 0 Å². The molecule has 1 saturated carbocycles. The largest absolute Gasteiger partial charge is 0.480 e. The molecule has 0 unspecified atom stereocenters. The van der Waals surface area contributed by atoms with Crippen LogP contribution in [0.2, 0.25) is 0 Å². The summed E-state index contributed by atoms with van der Waals surface area (Å²) < 4.78 is 0. The summed E-state index contributed by atoms with van der Waals surface area (Å²) in [6, 6.07) is 0.264. The van der Waals surface area contributed by atoms with E-state index in [-0.39, 0.29) is 25.0 Å². The van der Waals surface area contributed by atoms with Crippen molar-refractivity contribution in [2.24, 2.45) is 0 Å². The summed E-state index contributed by atoms with van der Waals surface area (Å²) in [7, 11) is 1.75. The van der Waals surface area contributed by atoms with Crippen LogP contribution in [0.3, 0.4) is 0 Å². The second-order valence-electron chi connectivity index (χ2n) is 4.64. The Balaban J connectivity index is 2.56. The van der Waals surface area contributed by atoms with Crippen molar-refractivity contribution in [3.63, 3.8) is 0 Å². The maximum Gasteiger partial charge on any atom is 0.317 e. The average molecular weight is 242 g/mol. The topological polar surface area (TPSA) is 60.9 Å². The number of aliphatic carboxylic acids is 1. The van der Waals surface area contributed by atoms with Gasteiger partial charge in [-0.3, -0.25) is 14.5 Å². The van der Waals surface area contributed by atoms with Crippen molar-refractivity contribution in [1.29, 1.82) is 0 Å². The van der Waals surface area contributed by atoms with Crippen LogP contribution in [0.5, 0.6) is 0 Å². The van der Waals surface area contributed by atoms with Gasteiger partial charge >= 0.3 is 5.97 Å². The molecule has 0 aliphatic heterocycles. The summed E-state index contributed by atoms with van der Waals surface area (Å²) in [6.45, 7) is 2.76. The highest BCUT2D eigenvalue weighted by Gasteiger charge is 2.26. The van der Waals surface area contributed by atoms with Crippen LogP contribution in [0, 0.1) is 0 Å². The van der Waals surface area contributed by atoms with Crippen LogP contribution >= 0.6 is 0 Å². The van der Waals surface area contributed by atoms with Gasteiger partial charge in [-0.15, -0.1) is 0 Å². The van der Waals surface area contributed by atoms with Crippen molar-refractivity contribution in [3.05, 3.63) is 0 Å². The zero-order chi connectivity index (χ0) is 12.8. The Kier molecular flexibility index (Phi) is 5.41. The average Bonchev–Trinajstić information content (AvgIpc) is 2.79. The van der Waals surface area contributed by atoms with Crippen molar-refractivity contribution < 1.29 is 14.7 Å². The van der Waals surface area contributed by atoms with Crippen molar-refractivity contribution in [2.45, 2.75) is 38.6 Å². The Morgan fingerprint density at radius 3 is 2.29 bits per heavy atom. The number of carboxylic acids is 1. The zero-order valence-corrected chi connectivity index (χ0v) is 10.7. The van der Waals surface area contributed by atoms with Crippen LogP contribution in [-0.4, -0.2) is 59.5 Å². The van der Waals surface area contributed by atoms with Crippen LogP contribution in [0.4, 0.5) is 0 Å². The van der Waals surface area contributed by atoms with E-state index in [1.807, 2.05) is 11.8 Å². The van der Waals surface area contributed by atoms with Crippen molar-refractivity contribution in [1.82, 2.24) is 9.80 Å². The molecule has 0 spiro atoms. The van der Waals surface area contributed by atoms with Crippen LogP contribution in [0.1, 0.15) is 32.6 Å². The summed E-state index contributed by atoms with van der Waals surface area (Å²) >= 11 is 0. The first-order chi connectivity index (χ1) is 8.04. The van der Waals surface area contributed by atoms with Crippen molar-refractivity contribution in [3.8, 4) is 0 Å². The molecule has 0 atom stereocenters. The molecule has 0 aromatic carbocycles. The van der Waals surface area contributed by atoms with Crippen LogP contribution in [0.15, 0.2) is 0 Å². The van der Waals surface area contributed by atoms with Crippen LogP contribution in [0.25, 0.3) is 0 Å². The monoisotopic (exact) mass is 242 g/mol. The van der Waals surface area contributed by atoms with Gasteiger partial charge in [0.1, 0.15) is 0 Å². The molecule has 0 saturated heterocycles. The highest BCUT2D eigenvalue weighted by atomic mass is 16.4. The van der Waals surface area contributed by atoms with E-state index in [9.17, 15) is 9.59 Å². The Labute approximate surface area is 102 Å². The first-order valence-electron chi connectivity index (χ1n) is 6.24. The molecule has 98 valence electrons. The molecule has 0 aromatic heterocycles. The van der Waals surface area contributed by atoms with Gasteiger partial charge in [0, 0.05) is 19.6 Å². The highest BCUT2D eigenvalue weighted by Crippen LogP contribution is 2.23. The van der Waals surface area contributed by atoms with E-state index in [2.05, 4.69) is 0 Å². The number of nitrogens with zero attached hydrogens (tertiary/aromatic N) is 2. The van der Waals surface area contributed by atoms with Gasteiger partial charge < -0.3 is 10.0 Å². The molecular weight excluding hydrogens is 220 g/mol. The molecule has 1 N–H and O–H groups in total. The van der Waals surface area contributed by atoms with Gasteiger partial charge in [-0.25, -0.2) is 0 Å². The molecule has 1 amide bonds. The molecule has 1 aliphatic carbocycles. The van der Waals surface area contributed by atoms with Gasteiger partial charge in [-0.1, -0.05) is 12.8 Å². The number of rotatable bonds is 6. The number of likely N-dealkylation sites (N-methyl/N-ethyl adjacent to an activating group) is 1. The smallest absolute Gasteiger partial charge is 0.317 e. The second-order valence-corrected chi connectivity index (χ2v) is 4.64. The van der Waals surface area contributed by atoms with E-state index >= 15 is 0 Å². The molecule has 1 aliphatic rings. The lowest BCUT2D eigenvalue weighted by molar-refractivity contribution is -0.140. The Morgan fingerprint density at radius 1 is 1.24 bits per heavy atom. The third kappa shape index (κ3) is 4.34. The molecule has 5 nitrogen and oxygen atoms in total. The van der Waals surface area contributed by atoms with Gasteiger partial charge in [0.05, 0.1) is 13.1 Å². The predicted molar refractivity (Wildman–Crippen MR) is 64.8 cm³/mol. The van der Waals surface area contributed by atoms with Crippen LogP contribution < -0.4 is 0 Å². The Morgan fingerprint density at radius 2 is 1.82 bits per heavy atom. The minimum absolute atomic E-state index is 0.000602. The fraction of sp³-hybridized carbons (Fsp3) is 0.833. The zero-order valence-electron chi connectivity index (χ0n) is 10.7. The molecule has 1 fully saturated rings. The van der Waals surface area contributed by atoms with E-state index in [4.69, 9.17) is 5.11 Å². The summed E-state index contributed by atoms with van der Waals surface area (Å²) in [4.78, 5) is 26.1. The maximum atomic E-state index is 11.8. The van der Waals surface area contributed by atoms with Gasteiger partial charge in [0.15, 0.2) is 0 Å². The second kappa shape index (κ2) is 6.59. The van der Waals surface area contributed by atoms with Gasteiger partial charge in [0.2, 0.25) is 5.91 Å². The van der Waals surface area contributed by atoms with Gasteiger partial charge in [-0.05, 0) is 19.8 Å². The van der Waals surface area contributed by atoms with E-state index in [1.54, 1.807) is 11.9 Å². The molecule has 0 bridgehead atoms. The summed E-state index contributed by atoms with van der Waals surface area (Å²) in [5.74, 6) is -0.857. The van der Waals surface area contributed by atoms with E-state index in [0.29, 0.717) is 6.54 Å². The normalized spacial score (nSPS) is 16.4. The minimum Gasteiger partial charge on any atom is -0.480 e. The standard InChI is InChI=1S/C12H22N2O3/c1-3-13(2)11(15)8-14(9-12(16)17)10-6-4-5-7-10/h10H,3-9H2,1-2H3,(H,16,17). The first-order valence-corrected chi connectivity index (χ1v) is 6.24. The number of hydrogen-bond acceptors (Lipinski definition) is 3. The van der Waals surface area contributed by atoms with E-state index in [1.165, 1.54) is 0 Å². The first kappa shape index (κ1) is 14.0. The fourth-order valence-corrected chi connectivity index (χ4v) is 2.23. The predicted octanol–water partition coefficient (Wildman–Crippen LogP) is 0.794. The van der Waals surface area contributed by atoms with Crippen molar-refractivity contribution >= 4 is 11.9 Å². The third-order valence-electron chi connectivity index (χ3n) is 3.42. The third-order valence-corrected chi connectivity index (χ3v) is 3.42. The fourth-order valence-electron chi connectivity index (χ4n) is 2.23. The van der Waals surface area contributed by atoms with E-state index < -0.39 is 5.97 Å². The highest BCUT2D eigenvalue weighted by molar-refractivity contribution is 5.79. The summed E-state index contributed by atoms with van der Waals surface area (Å²) in [6.07, 6.45) is 4.30. The molecule has 5 heteroatoms. The van der Waals surface area contributed by atoms with Crippen molar-refractivity contribution in [2.75, 3.05) is 26.7 Å². The minimum atomic E-state index is -0.858. The number of carboxylic acid groups (broad SMARTS) is 1. The number of carbonyl (C=O) groups is 2. The summed E-state index contributed by atoms with van der Waals surface area (Å²) in [5.41, 5.74) is 0. The molecule has 0 heterocycles. The Hall–Kier alpha value is -1.10. The van der Waals surface area contributed by atoms with Crippen LogP contribution in [-0.2, 0) is 9.59 Å². The molecular formula is C12H22N2O3. The van der Waals surface area contributed by atoms with E-state index in [0.717, 1.165) is 25.7 Å². The SMILES string of the molecule is CCN(C)C(=O)CN(CC(=O)O)C1CCCC1. The number of hydrogen-bond donors (Lipinski definition) is 1. The lowest BCUT2D eigenvalue weighted by atomic mass is 10.2. The number of carbonyl (C=O) groups excluding carboxylic acids is 1. The molecule has 17 heavy (non-hydrogen) atoms. The number of amides is 1. The molecule has 1 rings (SSSR count). The quantitative estimate of drug-likeness (QED) is 0.748. The molecule has 0 radical (unpaired) electrons. The maximum absolute atomic E-state index is 11.8.